The number of carbonyl (C=O) groups is 1. The second-order valence-corrected chi connectivity index (χ2v) is 4.74. The van der Waals surface area contributed by atoms with E-state index < -0.39 is 0 Å². The Labute approximate surface area is 107 Å². The van der Waals surface area contributed by atoms with Crippen molar-refractivity contribution in [3.05, 3.63) is 34.9 Å². The van der Waals surface area contributed by atoms with Crippen LogP contribution in [-0.2, 0) is 0 Å². The first kappa shape index (κ1) is 12.2. The van der Waals surface area contributed by atoms with Crippen LogP contribution in [0.2, 0.25) is 5.02 Å². The van der Waals surface area contributed by atoms with Gasteiger partial charge in [-0.3, -0.25) is 0 Å². The van der Waals surface area contributed by atoms with Crippen molar-refractivity contribution in [2.45, 2.75) is 25.8 Å². The third kappa shape index (κ3) is 2.91. The molecule has 0 bridgehead atoms. The van der Waals surface area contributed by atoms with Crippen LogP contribution >= 0.6 is 11.6 Å². The molecule has 2 rings (SSSR count). The average molecular weight is 253 g/mol. The minimum Gasteiger partial charge on any atom is -0.331 e. The number of halogens is 1. The van der Waals surface area contributed by atoms with Crippen molar-refractivity contribution >= 4 is 17.6 Å². The van der Waals surface area contributed by atoms with Crippen molar-refractivity contribution in [1.82, 2.24) is 10.2 Å². The lowest BCUT2D eigenvalue weighted by atomic mass is 10.0. The van der Waals surface area contributed by atoms with Crippen LogP contribution in [-0.4, -0.2) is 24.0 Å². The third-order valence-electron chi connectivity index (χ3n) is 3.12. The summed E-state index contributed by atoms with van der Waals surface area (Å²) < 4.78 is 0. The van der Waals surface area contributed by atoms with Gasteiger partial charge in [0.2, 0.25) is 0 Å². The minimum absolute atomic E-state index is 0.0399. The molecule has 1 fully saturated rings. The van der Waals surface area contributed by atoms with E-state index in [1.54, 1.807) is 0 Å². The summed E-state index contributed by atoms with van der Waals surface area (Å²) in [5.41, 5.74) is 1.10. The normalized spacial score (nSPS) is 16.2. The van der Waals surface area contributed by atoms with Gasteiger partial charge in [0.25, 0.3) is 0 Å². The van der Waals surface area contributed by atoms with Crippen molar-refractivity contribution in [3.63, 3.8) is 0 Å². The number of nitrogens with zero attached hydrogens (tertiary/aromatic N) is 1. The lowest BCUT2D eigenvalue weighted by Gasteiger charge is -2.32. The predicted octanol–water partition coefficient (Wildman–Crippen LogP) is 3.21. The maximum Gasteiger partial charge on any atom is 0.317 e. The monoisotopic (exact) mass is 252 g/mol. The van der Waals surface area contributed by atoms with E-state index in [4.69, 9.17) is 11.6 Å². The highest BCUT2D eigenvalue weighted by Crippen LogP contribution is 2.20. The van der Waals surface area contributed by atoms with Crippen molar-refractivity contribution in [1.29, 1.82) is 0 Å². The highest BCUT2D eigenvalue weighted by atomic mass is 35.5. The first-order valence-electron chi connectivity index (χ1n) is 6.01. The summed E-state index contributed by atoms with van der Waals surface area (Å²) in [5, 5.41) is 3.77. The van der Waals surface area contributed by atoms with Gasteiger partial charge in [-0.2, -0.15) is 0 Å². The summed E-state index contributed by atoms with van der Waals surface area (Å²) in [7, 11) is 0. The van der Waals surface area contributed by atoms with Gasteiger partial charge in [-0.05, 0) is 30.5 Å². The topological polar surface area (TPSA) is 32.3 Å². The van der Waals surface area contributed by atoms with Crippen LogP contribution < -0.4 is 5.32 Å². The number of nitrogens with one attached hydrogen (secondary N) is 1. The molecule has 3 nitrogen and oxygen atoms in total. The number of amides is 2. The highest BCUT2D eigenvalue weighted by molar-refractivity contribution is 6.30. The number of carbonyl (C=O) groups excluding carboxylic acids is 1. The van der Waals surface area contributed by atoms with Gasteiger partial charge in [0.15, 0.2) is 0 Å². The second kappa shape index (κ2) is 5.41. The molecule has 0 aliphatic carbocycles. The Morgan fingerprint density at radius 3 is 2.53 bits per heavy atom. The number of urea groups is 1. The largest absolute Gasteiger partial charge is 0.331 e. The van der Waals surface area contributed by atoms with Gasteiger partial charge in [0.05, 0.1) is 6.04 Å². The smallest absolute Gasteiger partial charge is 0.317 e. The average Bonchev–Trinajstić information content (AvgIpc) is 2.25. The molecular formula is C13H17ClN2O. The molecule has 0 unspecified atom stereocenters. The van der Waals surface area contributed by atoms with E-state index in [1.165, 1.54) is 0 Å². The van der Waals surface area contributed by atoms with Gasteiger partial charge in [-0.15, -0.1) is 0 Å². The molecule has 92 valence electrons. The van der Waals surface area contributed by atoms with Crippen molar-refractivity contribution in [2.75, 3.05) is 13.1 Å². The summed E-state index contributed by atoms with van der Waals surface area (Å²) in [5.74, 6) is 0. The van der Waals surface area contributed by atoms with Crippen molar-refractivity contribution in [3.8, 4) is 0 Å². The third-order valence-corrected chi connectivity index (χ3v) is 3.37. The van der Waals surface area contributed by atoms with Crippen LogP contribution in [0.15, 0.2) is 24.3 Å². The molecule has 4 heteroatoms. The number of hydrogen-bond acceptors (Lipinski definition) is 1. The fourth-order valence-corrected chi connectivity index (χ4v) is 2.00. The fraction of sp³-hybridized carbons (Fsp3) is 0.462. The number of likely N-dealkylation sites (tertiary alicyclic amines) is 1. The summed E-state index contributed by atoms with van der Waals surface area (Å²) in [6.45, 7) is 3.82. The maximum atomic E-state index is 11.8. The van der Waals surface area contributed by atoms with E-state index in [9.17, 15) is 4.79 Å². The Balaban J connectivity index is 2.00. The Hall–Kier alpha value is -1.22. The van der Waals surface area contributed by atoms with Crippen LogP contribution in [0.25, 0.3) is 0 Å². The van der Waals surface area contributed by atoms with Gasteiger partial charge in [-0.1, -0.05) is 30.7 Å². The molecule has 0 spiro atoms. The quantitative estimate of drug-likeness (QED) is 0.880. The lowest BCUT2D eigenvalue weighted by molar-refractivity contribution is 0.163. The maximum absolute atomic E-state index is 11.8. The van der Waals surface area contributed by atoms with E-state index in [0.29, 0.717) is 0 Å². The second-order valence-electron chi connectivity index (χ2n) is 4.30. The van der Waals surface area contributed by atoms with Gasteiger partial charge in [0, 0.05) is 18.1 Å². The van der Waals surface area contributed by atoms with Gasteiger partial charge in [-0.25, -0.2) is 4.79 Å². The molecule has 0 aromatic heterocycles. The highest BCUT2D eigenvalue weighted by Gasteiger charge is 2.22. The Morgan fingerprint density at radius 2 is 2.06 bits per heavy atom. The van der Waals surface area contributed by atoms with Crippen LogP contribution in [0.1, 0.15) is 31.4 Å². The molecule has 1 heterocycles. The molecule has 2 amide bonds. The zero-order valence-electron chi connectivity index (χ0n) is 9.95. The Bertz CT molecular complexity index is 387. The van der Waals surface area contributed by atoms with E-state index in [0.717, 1.165) is 36.5 Å². The Morgan fingerprint density at radius 1 is 1.41 bits per heavy atom. The van der Waals surface area contributed by atoms with Gasteiger partial charge >= 0.3 is 6.03 Å². The van der Waals surface area contributed by atoms with E-state index >= 15 is 0 Å². The molecule has 1 aromatic rings. The van der Waals surface area contributed by atoms with Crippen LogP contribution in [0.4, 0.5) is 4.79 Å². The minimum atomic E-state index is 0.0399. The van der Waals surface area contributed by atoms with Crippen LogP contribution in [0.5, 0.6) is 0 Å². The molecular weight excluding hydrogens is 236 g/mol. The van der Waals surface area contributed by atoms with Crippen molar-refractivity contribution in [2.24, 2.45) is 0 Å². The molecule has 0 radical (unpaired) electrons. The molecule has 1 saturated heterocycles. The molecule has 17 heavy (non-hydrogen) atoms. The predicted molar refractivity (Wildman–Crippen MR) is 69.2 cm³/mol. The number of benzene rings is 1. The van der Waals surface area contributed by atoms with Crippen LogP contribution in [0, 0.1) is 0 Å². The van der Waals surface area contributed by atoms with E-state index in [1.807, 2.05) is 29.2 Å². The first-order valence-corrected chi connectivity index (χ1v) is 6.39. The van der Waals surface area contributed by atoms with Crippen LogP contribution in [0.3, 0.4) is 0 Å². The summed E-state index contributed by atoms with van der Waals surface area (Å²) in [6.07, 6.45) is 1.99. The lowest BCUT2D eigenvalue weighted by Crippen LogP contribution is -2.48. The molecule has 0 saturated carbocycles. The molecule has 1 aliphatic rings. The Kier molecular flexibility index (Phi) is 3.89. The summed E-state index contributed by atoms with van der Waals surface area (Å²) in [4.78, 5) is 13.7. The molecule has 1 atom stereocenters. The number of rotatable bonds is 3. The SMILES string of the molecule is CC[C@@H](NC(=O)N1CCC1)c1ccc(Cl)cc1. The standard InChI is InChI=1S/C13H17ClN2O/c1-2-12(10-4-6-11(14)7-5-10)15-13(17)16-8-3-9-16/h4-7,12H,2-3,8-9H2,1H3,(H,15,17)/t12-/m1/s1. The summed E-state index contributed by atoms with van der Waals surface area (Å²) >= 11 is 5.85. The summed E-state index contributed by atoms with van der Waals surface area (Å²) in [6, 6.07) is 7.75. The first-order chi connectivity index (χ1) is 8.20. The fourth-order valence-electron chi connectivity index (χ4n) is 1.88. The molecule has 1 N–H and O–H groups in total. The zero-order valence-corrected chi connectivity index (χ0v) is 10.7. The van der Waals surface area contributed by atoms with Crippen molar-refractivity contribution < 1.29 is 4.79 Å². The van der Waals surface area contributed by atoms with Gasteiger partial charge < -0.3 is 10.2 Å². The van der Waals surface area contributed by atoms with E-state index in [2.05, 4.69) is 12.2 Å². The molecule has 1 aliphatic heterocycles. The van der Waals surface area contributed by atoms with E-state index in [-0.39, 0.29) is 12.1 Å². The van der Waals surface area contributed by atoms with Gasteiger partial charge in [0.1, 0.15) is 0 Å². The molecule has 1 aromatic carbocycles. The zero-order chi connectivity index (χ0) is 12.3. The number of hydrogen-bond donors (Lipinski definition) is 1.